The Balaban J connectivity index is 1.58. The fourth-order valence-corrected chi connectivity index (χ4v) is 3.06. The first-order valence-electron chi connectivity index (χ1n) is 8.50. The van der Waals surface area contributed by atoms with Gasteiger partial charge >= 0.3 is 0 Å². The predicted molar refractivity (Wildman–Crippen MR) is 111 cm³/mol. The second kappa shape index (κ2) is 9.92. The third kappa shape index (κ3) is 5.34. The number of nitrogens with zero attached hydrogens (tertiary/aromatic N) is 4. The molecule has 0 unspecified atom stereocenters. The van der Waals surface area contributed by atoms with E-state index < -0.39 is 0 Å². The number of allylic oxidation sites excluding steroid dienone is 1. The monoisotopic (exact) mass is 416 g/mol. The van der Waals surface area contributed by atoms with Crippen molar-refractivity contribution >= 4 is 29.4 Å². The van der Waals surface area contributed by atoms with E-state index in [9.17, 15) is 0 Å². The number of rotatable bonds is 9. The molecule has 0 amide bonds. The van der Waals surface area contributed by atoms with Crippen molar-refractivity contribution in [1.29, 1.82) is 0 Å². The van der Waals surface area contributed by atoms with Crippen molar-refractivity contribution in [1.82, 2.24) is 14.9 Å². The molecule has 0 saturated heterocycles. The summed E-state index contributed by atoms with van der Waals surface area (Å²) in [6.45, 7) is 4.42. The highest BCUT2D eigenvalue weighted by molar-refractivity contribution is 6.37. The SMILES string of the molecule is C=CCc1ccccc1OCCOc1c(Cl)cc(/C=N\n2cnnc2)cc1Cl. The zero-order valence-corrected chi connectivity index (χ0v) is 16.5. The fraction of sp³-hybridized carbons (Fsp3) is 0.150. The quantitative estimate of drug-likeness (QED) is 0.289. The molecule has 0 aliphatic heterocycles. The number of ether oxygens (including phenoxy) is 2. The lowest BCUT2D eigenvalue weighted by Crippen LogP contribution is -2.10. The Kier molecular flexibility index (Phi) is 7.06. The van der Waals surface area contributed by atoms with E-state index in [1.807, 2.05) is 30.3 Å². The molecular weight excluding hydrogens is 399 g/mol. The molecule has 8 heteroatoms. The van der Waals surface area contributed by atoms with Gasteiger partial charge in [0.05, 0.1) is 16.3 Å². The second-order valence-electron chi connectivity index (χ2n) is 5.70. The van der Waals surface area contributed by atoms with Crippen LogP contribution in [0.1, 0.15) is 11.1 Å². The Hall–Kier alpha value is -2.83. The highest BCUT2D eigenvalue weighted by Crippen LogP contribution is 2.33. The van der Waals surface area contributed by atoms with E-state index >= 15 is 0 Å². The summed E-state index contributed by atoms with van der Waals surface area (Å²) in [5, 5.41) is 12.3. The standard InChI is InChI=1S/C20H18Cl2N4O2/c1-2-5-16-6-3-4-7-19(16)27-8-9-28-20-17(21)10-15(11-18(20)22)12-25-26-13-23-24-14-26/h2-4,6-7,10-14H,1,5,8-9H2/b25-12-. The predicted octanol–water partition coefficient (Wildman–Crippen LogP) is 4.65. The van der Waals surface area contributed by atoms with Crippen molar-refractivity contribution in [2.45, 2.75) is 6.42 Å². The number of hydrogen-bond donors (Lipinski definition) is 0. The van der Waals surface area contributed by atoms with Gasteiger partial charge in [0.25, 0.3) is 0 Å². The van der Waals surface area contributed by atoms with Crippen LogP contribution in [0, 0.1) is 0 Å². The van der Waals surface area contributed by atoms with Crippen molar-refractivity contribution in [2.24, 2.45) is 5.10 Å². The largest absolute Gasteiger partial charge is 0.490 e. The molecule has 0 N–H and O–H groups in total. The van der Waals surface area contributed by atoms with Gasteiger partial charge < -0.3 is 9.47 Å². The zero-order valence-electron chi connectivity index (χ0n) is 15.0. The van der Waals surface area contributed by atoms with E-state index in [2.05, 4.69) is 21.9 Å². The van der Waals surface area contributed by atoms with E-state index in [0.717, 1.165) is 23.3 Å². The number of hydrogen-bond acceptors (Lipinski definition) is 5. The molecular formula is C20H18Cl2N4O2. The summed E-state index contributed by atoms with van der Waals surface area (Å²) >= 11 is 12.6. The molecule has 0 radical (unpaired) electrons. The van der Waals surface area contributed by atoms with Crippen LogP contribution in [-0.2, 0) is 6.42 Å². The minimum atomic E-state index is 0.302. The van der Waals surface area contributed by atoms with Crippen molar-refractivity contribution < 1.29 is 9.47 Å². The maximum Gasteiger partial charge on any atom is 0.156 e. The van der Waals surface area contributed by atoms with E-state index in [1.165, 1.54) is 17.3 Å². The molecule has 3 rings (SSSR count). The molecule has 0 bridgehead atoms. The summed E-state index contributed by atoms with van der Waals surface area (Å²) in [5.74, 6) is 1.22. The van der Waals surface area contributed by atoms with E-state index in [4.69, 9.17) is 32.7 Å². The molecule has 2 aromatic carbocycles. The highest BCUT2D eigenvalue weighted by atomic mass is 35.5. The van der Waals surface area contributed by atoms with Gasteiger partial charge in [0.15, 0.2) is 5.75 Å². The molecule has 0 atom stereocenters. The number of aromatic nitrogens is 3. The summed E-state index contributed by atoms with van der Waals surface area (Å²) in [4.78, 5) is 0. The minimum absolute atomic E-state index is 0.302. The molecule has 0 saturated carbocycles. The maximum atomic E-state index is 6.30. The van der Waals surface area contributed by atoms with Crippen LogP contribution in [0.2, 0.25) is 10.0 Å². The molecule has 0 aliphatic rings. The van der Waals surface area contributed by atoms with Crippen molar-refractivity contribution in [3.05, 3.63) is 82.9 Å². The van der Waals surface area contributed by atoms with E-state index in [-0.39, 0.29) is 0 Å². The second-order valence-corrected chi connectivity index (χ2v) is 6.51. The molecule has 0 aliphatic carbocycles. The Morgan fingerprint density at radius 1 is 1.04 bits per heavy atom. The highest BCUT2D eigenvalue weighted by Gasteiger charge is 2.10. The van der Waals surface area contributed by atoms with Crippen LogP contribution in [0.25, 0.3) is 0 Å². The van der Waals surface area contributed by atoms with E-state index in [0.29, 0.717) is 29.0 Å². The summed E-state index contributed by atoms with van der Waals surface area (Å²) in [6.07, 6.45) is 7.14. The summed E-state index contributed by atoms with van der Waals surface area (Å²) in [7, 11) is 0. The summed E-state index contributed by atoms with van der Waals surface area (Å²) in [6, 6.07) is 11.3. The lowest BCUT2D eigenvalue weighted by atomic mass is 10.1. The Bertz CT molecular complexity index is 936. The first-order chi connectivity index (χ1) is 13.7. The average molecular weight is 417 g/mol. The van der Waals surface area contributed by atoms with Crippen LogP contribution < -0.4 is 9.47 Å². The van der Waals surface area contributed by atoms with Crippen LogP contribution in [0.5, 0.6) is 11.5 Å². The number of halogens is 2. The molecule has 144 valence electrons. The van der Waals surface area contributed by atoms with Gasteiger partial charge in [-0.15, -0.1) is 16.8 Å². The van der Waals surface area contributed by atoms with Crippen LogP contribution >= 0.6 is 23.2 Å². The summed E-state index contributed by atoms with van der Waals surface area (Å²) < 4.78 is 13.0. The fourth-order valence-electron chi connectivity index (χ4n) is 2.44. The van der Waals surface area contributed by atoms with Gasteiger partial charge in [0.1, 0.15) is 31.6 Å². The van der Waals surface area contributed by atoms with Gasteiger partial charge in [-0.25, -0.2) is 4.68 Å². The van der Waals surface area contributed by atoms with Gasteiger partial charge in [0.2, 0.25) is 0 Å². The van der Waals surface area contributed by atoms with Crippen LogP contribution in [0.4, 0.5) is 0 Å². The third-order valence-electron chi connectivity index (χ3n) is 3.69. The van der Waals surface area contributed by atoms with Gasteiger partial charge in [-0.05, 0) is 35.7 Å². The molecule has 1 aromatic heterocycles. The first kappa shape index (κ1) is 19.9. The summed E-state index contributed by atoms with van der Waals surface area (Å²) in [5.41, 5.74) is 1.80. The average Bonchev–Trinajstić information content (AvgIpc) is 3.20. The topological polar surface area (TPSA) is 61.5 Å². The normalized spacial score (nSPS) is 10.9. The lowest BCUT2D eigenvalue weighted by Gasteiger charge is -2.13. The van der Waals surface area contributed by atoms with Crippen LogP contribution in [0.3, 0.4) is 0 Å². The third-order valence-corrected chi connectivity index (χ3v) is 4.25. The van der Waals surface area contributed by atoms with Crippen LogP contribution in [-0.4, -0.2) is 34.3 Å². The Morgan fingerprint density at radius 3 is 2.43 bits per heavy atom. The van der Waals surface area contributed by atoms with Gasteiger partial charge in [-0.2, -0.15) is 5.10 Å². The zero-order chi connectivity index (χ0) is 19.8. The lowest BCUT2D eigenvalue weighted by molar-refractivity contribution is 0.216. The van der Waals surface area contributed by atoms with Crippen molar-refractivity contribution in [3.8, 4) is 11.5 Å². The Morgan fingerprint density at radius 2 is 1.71 bits per heavy atom. The van der Waals surface area contributed by atoms with Crippen LogP contribution in [0.15, 0.2) is 66.8 Å². The molecule has 6 nitrogen and oxygen atoms in total. The molecule has 3 aromatic rings. The molecule has 0 spiro atoms. The van der Waals surface area contributed by atoms with Gasteiger partial charge in [-0.3, -0.25) is 0 Å². The molecule has 0 fully saturated rings. The Labute approximate surface area is 173 Å². The van der Waals surface area contributed by atoms with Gasteiger partial charge in [0, 0.05) is 0 Å². The smallest absolute Gasteiger partial charge is 0.156 e. The maximum absolute atomic E-state index is 6.30. The minimum Gasteiger partial charge on any atom is -0.490 e. The first-order valence-corrected chi connectivity index (χ1v) is 9.25. The van der Waals surface area contributed by atoms with Crippen molar-refractivity contribution in [3.63, 3.8) is 0 Å². The van der Waals surface area contributed by atoms with E-state index in [1.54, 1.807) is 18.3 Å². The van der Waals surface area contributed by atoms with Gasteiger partial charge in [-0.1, -0.05) is 47.5 Å². The molecule has 28 heavy (non-hydrogen) atoms. The number of benzene rings is 2. The number of para-hydroxylation sites is 1. The molecule has 1 heterocycles. The van der Waals surface area contributed by atoms with Crippen molar-refractivity contribution in [2.75, 3.05) is 13.2 Å².